The number of carbonyl (C=O) groups excluding carboxylic acids is 1. The van der Waals surface area contributed by atoms with Crippen LogP contribution in [0.4, 0.5) is 5.69 Å². The first kappa shape index (κ1) is 23.3. The molecule has 0 N–H and O–H groups in total. The van der Waals surface area contributed by atoms with E-state index in [1.54, 1.807) is 25.1 Å². The first-order chi connectivity index (χ1) is 15.6. The van der Waals surface area contributed by atoms with E-state index in [9.17, 15) is 13.2 Å². The molecule has 0 aliphatic carbocycles. The number of carbonyl (C=O) groups is 1. The Hall–Kier alpha value is -2.84. The third-order valence-corrected chi connectivity index (χ3v) is 8.48. The molecule has 2 aromatic carbocycles. The summed E-state index contributed by atoms with van der Waals surface area (Å²) in [6, 6.07) is 14.8. The van der Waals surface area contributed by atoms with Crippen LogP contribution in [0.2, 0.25) is 0 Å². The van der Waals surface area contributed by atoms with E-state index in [0.717, 1.165) is 28.7 Å². The summed E-state index contributed by atoms with van der Waals surface area (Å²) in [6.45, 7) is 8.34. The van der Waals surface area contributed by atoms with Gasteiger partial charge < -0.3 is 4.90 Å². The standard InChI is InChI=1S/C25H27N3O3S2/c1-6-28-23(29)21(32-24(28)26-33(30,31)18-13-11-17(2)12-14-18)15-16-22-25(3,4)19-9-7-8-10-20(19)27(22)5/h7-16H,6H2,1-5H3/b21-15-,22-16+,26-24-. The SMILES string of the molecule is CCN1C(=O)/C(=C/C=C2/N(C)c3ccccc3C2(C)C)S/C1=N\S(=O)(=O)c1ccc(C)cc1. The number of likely N-dealkylation sites (N-methyl/N-ethyl adjacent to an activating group) is 2. The number of hydrogen-bond donors (Lipinski definition) is 0. The molecule has 1 saturated heterocycles. The quantitative estimate of drug-likeness (QED) is 0.585. The number of amides is 1. The highest BCUT2D eigenvalue weighted by Crippen LogP contribution is 2.46. The minimum Gasteiger partial charge on any atom is -0.347 e. The normalized spacial score (nSPS) is 21.5. The van der Waals surface area contributed by atoms with Crippen LogP contribution in [0.3, 0.4) is 0 Å². The molecule has 2 aliphatic rings. The zero-order valence-corrected chi connectivity index (χ0v) is 21.0. The van der Waals surface area contributed by atoms with E-state index >= 15 is 0 Å². The zero-order chi connectivity index (χ0) is 24.0. The molecule has 1 fully saturated rings. The van der Waals surface area contributed by atoms with Gasteiger partial charge >= 0.3 is 0 Å². The number of allylic oxidation sites excluding steroid dienone is 3. The number of aryl methyl sites for hydroxylation is 1. The van der Waals surface area contributed by atoms with Crippen molar-refractivity contribution in [1.29, 1.82) is 0 Å². The van der Waals surface area contributed by atoms with Crippen molar-refractivity contribution < 1.29 is 13.2 Å². The van der Waals surface area contributed by atoms with Gasteiger partial charge in [0.05, 0.1) is 9.80 Å². The van der Waals surface area contributed by atoms with Crippen LogP contribution in [0.1, 0.15) is 31.9 Å². The van der Waals surface area contributed by atoms with Crippen LogP contribution < -0.4 is 4.90 Å². The zero-order valence-electron chi connectivity index (χ0n) is 19.4. The number of benzene rings is 2. The first-order valence-corrected chi connectivity index (χ1v) is 13.0. The third-order valence-electron chi connectivity index (χ3n) is 6.05. The molecule has 0 bridgehead atoms. The molecule has 0 unspecified atom stereocenters. The molecule has 2 heterocycles. The topological polar surface area (TPSA) is 70.1 Å². The Labute approximate surface area is 199 Å². The number of nitrogens with zero attached hydrogens (tertiary/aromatic N) is 3. The van der Waals surface area contributed by atoms with Crippen molar-refractivity contribution in [3.05, 3.63) is 82.4 Å². The largest absolute Gasteiger partial charge is 0.347 e. The molecule has 2 aliphatic heterocycles. The fraction of sp³-hybridized carbons (Fsp3) is 0.280. The first-order valence-electron chi connectivity index (χ1n) is 10.7. The summed E-state index contributed by atoms with van der Waals surface area (Å²) in [5.74, 6) is -0.242. The van der Waals surface area contributed by atoms with Crippen molar-refractivity contribution in [2.75, 3.05) is 18.5 Å². The maximum atomic E-state index is 13.0. The number of thioether (sulfide) groups is 1. The summed E-state index contributed by atoms with van der Waals surface area (Å²) < 4.78 is 29.6. The van der Waals surface area contributed by atoms with Gasteiger partial charge in [0.2, 0.25) is 0 Å². The molecule has 172 valence electrons. The fourth-order valence-electron chi connectivity index (χ4n) is 4.19. The molecule has 4 rings (SSSR count). The maximum Gasteiger partial charge on any atom is 0.284 e. The number of hydrogen-bond acceptors (Lipinski definition) is 5. The minimum atomic E-state index is -3.92. The Kier molecular flexibility index (Phi) is 6.01. The van der Waals surface area contributed by atoms with Crippen molar-refractivity contribution in [3.63, 3.8) is 0 Å². The van der Waals surface area contributed by atoms with Gasteiger partial charge in [0.15, 0.2) is 5.17 Å². The highest BCUT2D eigenvalue weighted by Gasteiger charge is 2.38. The Balaban J connectivity index is 1.68. The van der Waals surface area contributed by atoms with Gasteiger partial charge in [-0.25, -0.2) is 0 Å². The summed E-state index contributed by atoms with van der Waals surface area (Å²) in [5, 5.41) is 0.176. The highest BCUT2D eigenvalue weighted by atomic mass is 32.2. The average Bonchev–Trinajstić information content (AvgIpc) is 3.16. The van der Waals surface area contributed by atoms with E-state index in [1.165, 1.54) is 22.6 Å². The minimum absolute atomic E-state index is 0.108. The lowest BCUT2D eigenvalue weighted by molar-refractivity contribution is -0.122. The molecule has 0 saturated carbocycles. The molecule has 0 spiro atoms. The number of para-hydroxylation sites is 1. The van der Waals surface area contributed by atoms with Gasteiger partial charge in [0.1, 0.15) is 0 Å². The number of sulfonamides is 1. The van der Waals surface area contributed by atoms with Gasteiger partial charge in [-0.1, -0.05) is 49.7 Å². The summed E-state index contributed by atoms with van der Waals surface area (Å²) in [5.41, 5.74) is 4.17. The van der Waals surface area contributed by atoms with E-state index < -0.39 is 10.0 Å². The molecule has 1 amide bonds. The third kappa shape index (κ3) is 4.13. The van der Waals surface area contributed by atoms with Gasteiger partial charge in [-0.05, 0) is 61.5 Å². The van der Waals surface area contributed by atoms with Gasteiger partial charge in [0.25, 0.3) is 15.9 Å². The Morgan fingerprint density at radius 3 is 2.36 bits per heavy atom. The van der Waals surface area contributed by atoms with Crippen molar-refractivity contribution in [2.24, 2.45) is 4.40 Å². The van der Waals surface area contributed by atoms with E-state index in [2.05, 4.69) is 35.3 Å². The predicted octanol–water partition coefficient (Wildman–Crippen LogP) is 4.83. The second kappa shape index (κ2) is 8.50. The summed E-state index contributed by atoms with van der Waals surface area (Å²) in [4.78, 5) is 17.1. The van der Waals surface area contributed by atoms with Crippen LogP contribution in [0.25, 0.3) is 0 Å². The molecule has 2 aromatic rings. The number of fused-ring (bicyclic) bond motifs is 1. The molecular weight excluding hydrogens is 454 g/mol. The number of anilines is 1. The second-order valence-electron chi connectivity index (χ2n) is 8.60. The van der Waals surface area contributed by atoms with E-state index in [0.29, 0.717) is 11.4 Å². The highest BCUT2D eigenvalue weighted by molar-refractivity contribution is 8.19. The lowest BCUT2D eigenvalue weighted by atomic mass is 9.84. The summed E-state index contributed by atoms with van der Waals surface area (Å²) in [7, 11) is -1.91. The molecule has 0 aromatic heterocycles. The van der Waals surface area contributed by atoms with Crippen LogP contribution in [-0.4, -0.2) is 38.0 Å². The Bertz CT molecular complexity index is 1310. The molecule has 0 atom stereocenters. The summed E-state index contributed by atoms with van der Waals surface area (Å²) in [6.07, 6.45) is 3.72. The molecule has 33 heavy (non-hydrogen) atoms. The van der Waals surface area contributed by atoms with Crippen LogP contribution in [0.15, 0.2) is 80.6 Å². The number of rotatable bonds is 4. The number of amidine groups is 1. The Morgan fingerprint density at radius 1 is 1.06 bits per heavy atom. The van der Waals surface area contributed by atoms with Crippen LogP contribution in [0.5, 0.6) is 0 Å². The molecule has 8 heteroatoms. The van der Waals surface area contributed by atoms with E-state index in [4.69, 9.17) is 0 Å². The monoisotopic (exact) mass is 481 g/mol. The van der Waals surface area contributed by atoms with Gasteiger partial charge in [-0.2, -0.15) is 8.42 Å². The molecular formula is C25H27N3O3S2. The van der Waals surface area contributed by atoms with Crippen molar-refractivity contribution in [1.82, 2.24) is 4.90 Å². The van der Waals surface area contributed by atoms with Gasteiger partial charge in [-0.15, -0.1) is 4.40 Å². The lowest BCUT2D eigenvalue weighted by Gasteiger charge is -2.23. The van der Waals surface area contributed by atoms with Gasteiger partial charge in [-0.3, -0.25) is 9.69 Å². The average molecular weight is 482 g/mol. The predicted molar refractivity (Wildman–Crippen MR) is 135 cm³/mol. The Morgan fingerprint density at radius 2 is 1.73 bits per heavy atom. The van der Waals surface area contributed by atoms with Crippen LogP contribution in [0, 0.1) is 6.92 Å². The summed E-state index contributed by atoms with van der Waals surface area (Å²) >= 11 is 1.09. The second-order valence-corrected chi connectivity index (χ2v) is 11.2. The maximum absolute atomic E-state index is 13.0. The van der Waals surface area contributed by atoms with Crippen LogP contribution >= 0.6 is 11.8 Å². The van der Waals surface area contributed by atoms with E-state index in [-0.39, 0.29) is 21.4 Å². The molecule has 6 nitrogen and oxygen atoms in total. The smallest absolute Gasteiger partial charge is 0.284 e. The van der Waals surface area contributed by atoms with Crippen molar-refractivity contribution >= 4 is 38.5 Å². The lowest BCUT2D eigenvalue weighted by Crippen LogP contribution is -2.29. The van der Waals surface area contributed by atoms with Crippen LogP contribution in [-0.2, 0) is 20.2 Å². The van der Waals surface area contributed by atoms with Crippen molar-refractivity contribution in [3.8, 4) is 0 Å². The van der Waals surface area contributed by atoms with Gasteiger partial charge in [0, 0.05) is 30.4 Å². The van der Waals surface area contributed by atoms with Crippen molar-refractivity contribution in [2.45, 2.75) is 38.0 Å². The fourth-order valence-corrected chi connectivity index (χ4v) is 6.38. The van der Waals surface area contributed by atoms with E-state index in [1.807, 2.05) is 32.2 Å². The molecule has 0 radical (unpaired) electrons.